The van der Waals surface area contributed by atoms with E-state index in [9.17, 15) is 4.79 Å². The zero-order valence-corrected chi connectivity index (χ0v) is 15.0. The smallest absolute Gasteiger partial charge is 0.243 e. The van der Waals surface area contributed by atoms with Gasteiger partial charge in [0.15, 0.2) is 0 Å². The van der Waals surface area contributed by atoms with E-state index in [0.717, 1.165) is 39.0 Å². The molecule has 1 aliphatic heterocycles. The standard InChI is InChI=1S/C17H30N2O2.ClH/c1-4-9-19(11-12-7-8-12)15(20)17(18)13-6-5-10-21-14(13)16(17,2)3;/h12-14H,4-11,18H2,1-3H3;1H. The van der Waals surface area contributed by atoms with Crippen molar-refractivity contribution < 1.29 is 9.53 Å². The maximum absolute atomic E-state index is 13.2. The van der Waals surface area contributed by atoms with Crippen LogP contribution >= 0.6 is 12.4 Å². The highest BCUT2D eigenvalue weighted by atomic mass is 35.5. The molecule has 1 saturated heterocycles. The number of carbonyl (C=O) groups is 1. The van der Waals surface area contributed by atoms with Crippen LogP contribution in [0.4, 0.5) is 0 Å². The summed E-state index contributed by atoms with van der Waals surface area (Å²) in [6.45, 7) is 8.91. The van der Waals surface area contributed by atoms with Crippen molar-refractivity contribution in [2.45, 2.75) is 64.5 Å². The number of rotatable bonds is 5. The van der Waals surface area contributed by atoms with Gasteiger partial charge in [0.1, 0.15) is 5.54 Å². The number of hydrogen-bond acceptors (Lipinski definition) is 3. The normalized spacial score (nSPS) is 35.8. The van der Waals surface area contributed by atoms with E-state index in [4.69, 9.17) is 10.5 Å². The number of nitrogens with two attached hydrogens (primary N) is 1. The van der Waals surface area contributed by atoms with Crippen LogP contribution in [-0.2, 0) is 9.53 Å². The Morgan fingerprint density at radius 2 is 2.00 bits per heavy atom. The fourth-order valence-electron chi connectivity index (χ4n) is 4.43. The van der Waals surface area contributed by atoms with E-state index in [-0.39, 0.29) is 35.8 Å². The van der Waals surface area contributed by atoms with E-state index < -0.39 is 5.54 Å². The van der Waals surface area contributed by atoms with Gasteiger partial charge < -0.3 is 15.4 Å². The van der Waals surface area contributed by atoms with E-state index in [0.29, 0.717) is 5.92 Å². The molecule has 0 spiro atoms. The van der Waals surface area contributed by atoms with Crippen molar-refractivity contribution >= 4 is 18.3 Å². The number of halogens is 1. The molecule has 3 unspecified atom stereocenters. The molecule has 2 aliphatic carbocycles. The molecule has 4 nitrogen and oxygen atoms in total. The minimum Gasteiger partial charge on any atom is -0.377 e. The first-order valence-electron chi connectivity index (χ1n) is 8.62. The van der Waals surface area contributed by atoms with Crippen LogP contribution in [0.1, 0.15) is 52.9 Å². The molecule has 0 radical (unpaired) electrons. The summed E-state index contributed by atoms with van der Waals surface area (Å²) >= 11 is 0. The van der Waals surface area contributed by atoms with Crippen LogP contribution in [0.5, 0.6) is 0 Å². The van der Waals surface area contributed by atoms with E-state index in [2.05, 4.69) is 20.8 Å². The van der Waals surface area contributed by atoms with Gasteiger partial charge in [0.05, 0.1) is 6.10 Å². The lowest BCUT2D eigenvalue weighted by Crippen LogP contribution is -2.82. The van der Waals surface area contributed by atoms with Gasteiger partial charge in [0, 0.05) is 31.0 Å². The van der Waals surface area contributed by atoms with Crippen LogP contribution in [0.2, 0.25) is 0 Å². The molecular weight excluding hydrogens is 300 g/mol. The van der Waals surface area contributed by atoms with Gasteiger partial charge in [-0.25, -0.2) is 0 Å². The molecule has 3 aliphatic rings. The highest BCUT2D eigenvalue weighted by molar-refractivity contribution is 5.89. The van der Waals surface area contributed by atoms with E-state index >= 15 is 0 Å². The van der Waals surface area contributed by atoms with E-state index in [1.165, 1.54) is 12.8 Å². The third-order valence-corrected chi connectivity index (χ3v) is 5.99. The second-order valence-corrected chi connectivity index (χ2v) is 7.83. The maximum Gasteiger partial charge on any atom is 0.243 e. The highest BCUT2D eigenvalue weighted by Gasteiger charge is 2.70. The summed E-state index contributed by atoms with van der Waals surface area (Å²) in [6, 6.07) is 0. The molecule has 128 valence electrons. The highest BCUT2D eigenvalue weighted by Crippen LogP contribution is 2.58. The Kier molecular flexibility index (Phi) is 5.15. The second-order valence-electron chi connectivity index (χ2n) is 7.83. The van der Waals surface area contributed by atoms with Crippen molar-refractivity contribution in [1.82, 2.24) is 4.90 Å². The zero-order valence-electron chi connectivity index (χ0n) is 14.1. The number of hydrogen-bond donors (Lipinski definition) is 1. The fraction of sp³-hybridized carbons (Fsp3) is 0.941. The van der Waals surface area contributed by atoms with Gasteiger partial charge in [-0.3, -0.25) is 4.79 Å². The molecule has 2 N–H and O–H groups in total. The molecule has 0 aromatic rings. The topological polar surface area (TPSA) is 55.6 Å². The summed E-state index contributed by atoms with van der Waals surface area (Å²) in [5, 5.41) is 0. The van der Waals surface area contributed by atoms with Gasteiger partial charge in [-0.15, -0.1) is 12.4 Å². The number of fused-ring (bicyclic) bond motifs is 1. The molecule has 0 aromatic heterocycles. The quantitative estimate of drug-likeness (QED) is 0.843. The summed E-state index contributed by atoms with van der Waals surface area (Å²) in [6.07, 6.45) is 5.75. The molecular formula is C17H31ClN2O2. The van der Waals surface area contributed by atoms with Crippen LogP contribution in [0, 0.1) is 17.3 Å². The Hall–Kier alpha value is -0.320. The zero-order chi connectivity index (χ0) is 15.3. The van der Waals surface area contributed by atoms with Gasteiger partial charge >= 0.3 is 0 Å². The molecule has 3 fully saturated rings. The first-order chi connectivity index (χ1) is 9.92. The molecule has 22 heavy (non-hydrogen) atoms. The molecule has 2 saturated carbocycles. The van der Waals surface area contributed by atoms with E-state index in [1.54, 1.807) is 0 Å². The SMILES string of the molecule is CCCN(CC1CC1)C(=O)C1(N)C2CCCOC2C1(C)C.Cl. The lowest BCUT2D eigenvalue weighted by molar-refractivity contribution is -0.230. The summed E-state index contributed by atoms with van der Waals surface area (Å²) in [7, 11) is 0. The van der Waals surface area contributed by atoms with Crippen molar-refractivity contribution in [1.29, 1.82) is 0 Å². The Labute approximate surface area is 140 Å². The molecule has 3 atom stereocenters. The Bertz CT molecular complexity index is 425. The molecule has 1 amide bonds. The lowest BCUT2D eigenvalue weighted by atomic mass is 9.46. The number of ether oxygens (including phenoxy) is 1. The van der Waals surface area contributed by atoms with Crippen molar-refractivity contribution in [3.63, 3.8) is 0 Å². The van der Waals surface area contributed by atoms with Crippen molar-refractivity contribution in [3.8, 4) is 0 Å². The lowest BCUT2D eigenvalue weighted by Gasteiger charge is -2.65. The number of carbonyl (C=O) groups excluding carboxylic acids is 1. The average Bonchev–Trinajstić information content (AvgIpc) is 3.29. The summed E-state index contributed by atoms with van der Waals surface area (Å²) < 4.78 is 5.92. The Morgan fingerprint density at radius 3 is 2.59 bits per heavy atom. The summed E-state index contributed by atoms with van der Waals surface area (Å²) in [5.41, 5.74) is 5.74. The molecule has 3 rings (SSSR count). The maximum atomic E-state index is 13.2. The fourth-order valence-corrected chi connectivity index (χ4v) is 4.43. The first kappa shape index (κ1) is 18.0. The Balaban J connectivity index is 0.00000176. The minimum atomic E-state index is -0.734. The second kappa shape index (κ2) is 6.29. The van der Waals surface area contributed by atoms with Gasteiger partial charge in [0.2, 0.25) is 5.91 Å². The van der Waals surface area contributed by atoms with Crippen molar-refractivity contribution in [3.05, 3.63) is 0 Å². The third kappa shape index (κ3) is 2.57. The Morgan fingerprint density at radius 1 is 1.32 bits per heavy atom. The predicted molar refractivity (Wildman–Crippen MR) is 90.0 cm³/mol. The molecule has 0 aromatic carbocycles. The molecule has 1 heterocycles. The molecule has 5 heteroatoms. The average molecular weight is 331 g/mol. The van der Waals surface area contributed by atoms with Gasteiger partial charge in [-0.1, -0.05) is 20.8 Å². The van der Waals surface area contributed by atoms with Crippen LogP contribution in [-0.4, -0.2) is 42.1 Å². The van der Waals surface area contributed by atoms with Crippen LogP contribution in [0.15, 0.2) is 0 Å². The van der Waals surface area contributed by atoms with Gasteiger partial charge in [0.25, 0.3) is 0 Å². The van der Waals surface area contributed by atoms with Crippen molar-refractivity contribution in [2.24, 2.45) is 23.0 Å². The van der Waals surface area contributed by atoms with E-state index in [1.807, 2.05) is 4.90 Å². The third-order valence-electron chi connectivity index (χ3n) is 5.99. The monoisotopic (exact) mass is 330 g/mol. The largest absolute Gasteiger partial charge is 0.377 e. The summed E-state index contributed by atoms with van der Waals surface area (Å²) in [4.78, 5) is 15.3. The van der Waals surface area contributed by atoms with Gasteiger partial charge in [-0.2, -0.15) is 0 Å². The van der Waals surface area contributed by atoms with Crippen LogP contribution in [0.3, 0.4) is 0 Å². The van der Waals surface area contributed by atoms with Crippen molar-refractivity contribution in [2.75, 3.05) is 19.7 Å². The summed E-state index contributed by atoms with van der Waals surface area (Å²) in [5.74, 6) is 1.09. The van der Waals surface area contributed by atoms with Gasteiger partial charge in [-0.05, 0) is 38.0 Å². The number of nitrogens with zero attached hydrogens (tertiary/aromatic N) is 1. The minimum absolute atomic E-state index is 0. The molecule has 0 bridgehead atoms. The van der Waals surface area contributed by atoms with Crippen LogP contribution < -0.4 is 5.73 Å². The first-order valence-corrected chi connectivity index (χ1v) is 8.62. The number of amides is 1. The predicted octanol–water partition coefficient (Wildman–Crippen LogP) is 2.59. The van der Waals surface area contributed by atoms with Crippen LogP contribution in [0.25, 0.3) is 0 Å².